The summed E-state index contributed by atoms with van der Waals surface area (Å²) >= 11 is 0. The van der Waals surface area contributed by atoms with Crippen LogP contribution in [0.5, 0.6) is 5.75 Å². The molecule has 1 saturated heterocycles. The molecule has 9 heteroatoms. The molecule has 0 radical (unpaired) electrons. The van der Waals surface area contributed by atoms with Crippen molar-refractivity contribution in [2.45, 2.75) is 30.0 Å². The van der Waals surface area contributed by atoms with E-state index in [9.17, 15) is 21.6 Å². The highest BCUT2D eigenvalue weighted by atomic mass is 32.2. The highest BCUT2D eigenvalue weighted by Gasteiger charge is 2.41. The minimum absolute atomic E-state index is 0.0133. The highest BCUT2D eigenvalue weighted by molar-refractivity contribution is 7.89. The molecule has 1 atom stereocenters. The average molecular weight is 429 g/mol. The third kappa shape index (κ3) is 4.73. The zero-order valence-corrected chi connectivity index (χ0v) is 16.7. The van der Waals surface area contributed by atoms with Crippen LogP contribution in [0.4, 0.5) is 13.2 Å². The predicted molar refractivity (Wildman–Crippen MR) is 101 cm³/mol. The van der Waals surface area contributed by atoms with Gasteiger partial charge in [0, 0.05) is 13.7 Å². The topological polar surface area (TPSA) is 55.8 Å². The van der Waals surface area contributed by atoms with E-state index >= 15 is 0 Å². The van der Waals surface area contributed by atoms with Gasteiger partial charge in [-0.3, -0.25) is 0 Å². The first-order valence-electron chi connectivity index (χ1n) is 9.15. The third-order valence-electron chi connectivity index (χ3n) is 4.82. The fraction of sp³-hybridized carbons (Fsp3) is 0.400. The second-order valence-electron chi connectivity index (χ2n) is 6.67. The van der Waals surface area contributed by atoms with Crippen LogP contribution in [-0.2, 0) is 20.9 Å². The Hall–Kier alpha value is -2.10. The highest BCUT2D eigenvalue weighted by Crippen LogP contribution is 2.42. The molecule has 0 amide bonds. The fourth-order valence-corrected chi connectivity index (χ4v) is 5.14. The Kier molecular flexibility index (Phi) is 6.50. The maximum absolute atomic E-state index is 13.4. The van der Waals surface area contributed by atoms with Gasteiger partial charge in [-0.2, -0.15) is 17.5 Å². The Balaban J connectivity index is 1.87. The Labute approximate surface area is 168 Å². The zero-order valence-electron chi connectivity index (χ0n) is 15.9. The molecule has 2 aromatic carbocycles. The van der Waals surface area contributed by atoms with Crippen LogP contribution in [0.1, 0.15) is 30.0 Å². The van der Waals surface area contributed by atoms with Crippen LogP contribution in [0.15, 0.2) is 53.4 Å². The molecular formula is C20H22F3NO4S. The first-order valence-corrected chi connectivity index (χ1v) is 10.6. The predicted octanol–water partition coefficient (Wildman–Crippen LogP) is 4.26. The van der Waals surface area contributed by atoms with Crippen molar-refractivity contribution in [3.05, 3.63) is 59.7 Å². The number of halogens is 3. The van der Waals surface area contributed by atoms with E-state index in [2.05, 4.69) is 0 Å². The summed E-state index contributed by atoms with van der Waals surface area (Å²) in [5.41, 5.74) is -0.811. The van der Waals surface area contributed by atoms with E-state index in [1.807, 2.05) is 0 Å². The molecule has 1 aliphatic heterocycles. The van der Waals surface area contributed by atoms with Crippen molar-refractivity contribution in [2.75, 3.05) is 26.9 Å². The average Bonchev–Trinajstić information content (AvgIpc) is 3.19. The summed E-state index contributed by atoms with van der Waals surface area (Å²) in [5.74, 6) is 0.487. The lowest BCUT2D eigenvalue weighted by atomic mass is 9.99. The van der Waals surface area contributed by atoms with Crippen LogP contribution in [0.2, 0.25) is 0 Å². The van der Waals surface area contributed by atoms with Gasteiger partial charge in [0.25, 0.3) is 0 Å². The fourth-order valence-electron chi connectivity index (χ4n) is 3.47. The van der Waals surface area contributed by atoms with Crippen LogP contribution >= 0.6 is 0 Å². The molecule has 1 unspecified atom stereocenters. The van der Waals surface area contributed by atoms with Crippen molar-refractivity contribution >= 4 is 10.0 Å². The van der Waals surface area contributed by atoms with Crippen molar-refractivity contribution < 1.29 is 31.1 Å². The van der Waals surface area contributed by atoms with Gasteiger partial charge in [0.15, 0.2) is 0 Å². The summed E-state index contributed by atoms with van der Waals surface area (Å²) in [6.45, 7) is 0.893. The summed E-state index contributed by atoms with van der Waals surface area (Å²) in [4.78, 5) is 0.0213. The molecule has 29 heavy (non-hydrogen) atoms. The van der Waals surface area contributed by atoms with Crippen LogP contribution < -0.4 is 4.74 Å². The summed E-state index contributed by atoms with van der Waals surface area (Å²) < 4.78 is 78.0. The van der Waals surface area contributed by atoms with Crippen molar-refractivity contribution in [3.8, 4) is 5.75 Å². The number of hydrogen-bond acceptors (Lipinski definition) is 4. The van der Waals surface area contributed by atoms with Gasteiger partial charge >= 0.3 is 6.18 Å². The summed E-state index contributed by atoms with van der Waals surface area (Å²) in [6.07, 6.45) is -3.71. The SMILES string of the molecule is COCCOc1ccc(S(=O)(=O)N2CCCC2c2ccccc2C(F)(F)F)cc1. The second-order valence-corrected chi connectivity index (χ2v) is 8.56. The van der Waals surface area contributed by atoms with Gasteiger partial charge < -0.3 is 9.47 Å². The zero-order chi connectivity index (χ0) is 21.1. The van der Waals surface area contributed by atoms with Gasteiger partial charge in [-0.15, -0.1) is 0 Å². The van der Waals surface area contributed by atoms with E-state index in [1.165, 1.54) is 46.8 Å². The van der Waals surface area contributed by atoms with E-state index in [0.29, 0.717) is 31.8 Å². The normalized spacial score (nSPS) is 18.1. The molecule has 5 nitrogen and oxygen atoms in total. The van der Waals surface area contributed by atoms with Gasteiger partial charge in [-0.05, 0) is 48.7 Å². The number of hydrogen-bond donors (Lipinski definition) is 0. The van der Waals surface area contributed by atoms with Gasteiger partial charge in [-0.1, -0.05) is 18.2 Å². The number of benzene rings is 2. The Morgan fingerprint density at radius 1 is 1.07 bits per heavy atom. The number of rotatable bonds is 7. The van der Waals surface area contributed by atoms with Gasteiger partial charge in [-0.25, -0.2) is 8.42 Å². The lowest BCUT2D eigenvalue weighted by Gasteiger charge is -2.26. The minimum Gasteiger partial charge on any atom is -0.491 e. The Morgan fingerprint density at radius 2 is 1.76 bits per heavy atom. The van der Waals surface area contributed by atoms with Gasteiger partial charge in [0.1, 0.15) is 12.4 Å². The molecule has 0 aromatic heterocycles. The van der Waals surface area contributed by atoms with E-state index < -0.39 is 27.8 Å². The third-order valence-corrected chi connectivity index (χ3v) is 6.74. The number of methoxy groups -OCH3 is 1. The van der Waals surface area contributed by atoms with Crippen LogP contribution in [0.3, 0.4) is 0 Å². The van der Waals surface area contributed by atoms with Gasteiger partial charge in [0.05, 0.1) is 23.1 Å². The van der Waals surface area contributed by atoms with Crippen LogP contribution in [-0.4, -0.2) is 39.6 Å². The maximum Gasteiger partial charge on any atom is 0.416 e. The van der Waals surface area contributed by atoms with E-state index in [1.54, 1.807) is 7.11 Å². The number of ether oxygens (including phenoxy) is 2. The van der Waals surface area contributed by atoms with Crippen LogP contribution in [0, 0.1) is 0 Å². The molecule has 0 N–H and O–H groups in total. The smallest absolute Gasteiger partial charge is 0.416 e. The maximum atomic E-state index is 13.4. The minimum atomic E-state index is -4.55. The number of alkyl halides is 3. The Morgan fingerprint density at radius 3 is 2.41 bits per heavy atom. The van der Waals surface area contributed by atoms with Crippen molar-refractivity contribution in [3.63, 3.8) is 0 Å². The summed E-state index contributed by atoms with van der Waals surface area (Å²) in [6, 6.07) is 10.2. The first kappa shape index (κ1) is 21.6. The molecule has 1 heterocycles. The molecule has 0 saturated carbocycles. The number of nitrogens with zero attached hydrogens (tertiary/aromatic N) is 1. The monoisotopic (exact) mass is 429 g/mol. The Bertz CT molecular complexity index is 929. The summed E-state index contributed by atoms with van der Waals surface area (Å²) in [5, 5.41) is 0. The van der Waals surface area contributed by atoms with E-state index in [-0.39, 0.29) is 17.0 Å². The quantitative estimate of drug-likeness (QED) is 0.618. The molecule has 1 fully saturated rings. The standard InChI is InChI=1S/C20H22F3NO4S/c1-27-13-14-28-15-8-10-16(11-9-15)29(25,26)24-12-4-7-19(24)17-5-2-3-6-18(17)20(21,22)23/h2-3,5-6,8-11,19H,4,7,12-14H2,1H3. The first-order chi connectivity index (χ1) is 13.7. The van der Waals surface area contributed by atoms with Crippen molar-refractivity contribution in [1.29, 1.82) is 0 Å². The molecule has 0 spiro atoms. The lowest BCUT2D eigenvalue weighted by molar-refractivity contribution is -0.138. The molecule has 1 aliphatic rings. The van der Waals surface area contributed by atoms with Crippen molar-refractivity contribution in [2.24, 2.45) is 0 Å². The summed E-state index contributed by atoms with van der Waals surface area (Å²) in [7, 11) is -2.41. The molecule has 0 bridgehead atoms. The van der Waals surface area contributed by atoms with E-state index in [4.69, 9.17) is 9.47 Å². The molecule has 2 aromatic rings. The largest absolute Gasteiger partial charge is 0.491 e. The van der Waals surface area contributed by atoms with E-state index in [0.717, 1.165) is 6.07 Å². The number of sulfonamides is 1. The molecular weight excluding hydrogens is 407 g/mol. The van der Waals surface area contributed by atoms with Gasteiger partial charge in [0.2, 0.25) is 10.0 Å². The molecule has 158 valence electrons. The van der Waals surface area contributed by atoms with Crippen molar-refractivity contribution in [1.82, 2.24) is 4.31 Å². The lowest BCUT2D eigenvalue weighted by Crippen LogP contribution is -2.31. The molecule has 0 aliphatic carbocycles. The van der Waals surface area contributed by atoms with Crippen LogP contribution in [0.25, 0.3) is 0 Å². The molecule has 3 rings (SSSR count). The second kappa shape index (κ2) is 8.73.